The fourth-order valence-corrected chi connectivity index (χ4v) is 4.62. The Labute approximate surface area is 159 Å². The number of terminal acetylenes is 1. The third-order valence-corrected chi connectivity index (χ3v) is 5.95. The van der Waals surface area contributed by atoms with Crippen molar-refractivity contribution in [2.24, 2.45) is 11.8 Å². The highest BCUT2D eigenvalue weighted by atomic mass is 16.5. The van der Waals surface area contributed by atoms with E-state index in [0.29, 0.717) is 11.8 Å². The molecule has 5 heteroatoms. The van der Waals surface area contributed by atoms with Crippen molar-refractivity contribution in [1.29, 1.82) is 0 Å². The lowest BCUT2D eigenvalue weighted by molar-refractivity contribution is -0.154. The Kier molecular flexibility index (Phi) is 4.75. The lowest BCUT2D eigenvalue weighted by Crippen LogP contribution is -2.55. The number of nitrogens with zero attached hydrogens (tertiary/aromatic N) is 2. The van der Waals surface area contributed by atoms with Gasteiger partial charge in [-0.2, -0.15) is 0 Å². The van der Waals surface area contributed by atoms with Crippen LogP contribution in [0.4, 0.5) is 0 Å². The van der Waals surface area contributed by atoms with Crippen molar-refractivity contribution >= 4 is 16.9 Å². The molecular formula is C22H24N2O3. The highest BCUT2D eigenvalue weighted by Gasteiger charge is 2.44. The number of esters is 1. The molecule has 2 aromatic rings. The van der Waals surface area contributed by atoms with Crippen molar-refractivity contribution in [2.45, 2.75) is 31.9 Å². The predicted octanol–water partition coefficient (Wildman–Crippen LogP) is 3.19. The van der Waals surface area contributed by atoms with Crippen LogP contribution in [0.3, 0.4) is 0 Å². The van der Waals surface area contributed by atoms with Gasteiger partial charge in [-0.25, -0.2) is 0 Å². The number of pyridine rings is 1. The Bertz CT molecular complexity index is 904. The van der Waals surface area contributed by atoms with Crippen LogP contribution in [-0.2, 0) is 9.53 Å². The van der Waals surface area contributed by atoms with Crippen LogP contribution in [-0.4, -0.2) is 42.1 Å². The molecule has 4 heterocycles. The molecule has 5 rings (SSSR count). The molecule has 3 aliphatic rings. The first-order valence-electron chi connectivity index (χ1n) is 9.40. The van der Waals surface area contributed by atoms with Crippen molar-refractivity contribution in [3.63, 3.8) is 0 Å². The quantitative estimate of drug-likeness (QED) is 0.616. The second-order valence-electron chi connectivity index (χ2n) is 7.43. The minimum Gasteiger partial charge on any atom is -0.497 e. The van der Waals surface area contributed by atoms with Crippen LogP contribution in [0.2, 0.25) is 0 Å². The second kappa shape index (κ2) is 7.21. The molecule has 0 radical (unpaired) electrons. The number of hydrogen-bond donors (Lipinski definition) is 0. The number of carbonyl (C=O) groups is 1. The van der Waals surface area contributed by atoms with E-state index in [1.807, 2.05) is 24.3 Å². The van der Waals surface area contributed by atoms with Gasteiger partial charge in [0.2, 0.25) is 0 Å². The SMILES string of the molecule is C#C[C@@H]1CN2CC[C@H]1C[C@@H]2[C@@H](OC(C)=O)c1ccnc2ccc(OC)cc12. The van der Waals surface area contributed by atoms with Gasteiger partial charge in [0.1, 0.15) is 11.9 Å². The summed E-state index contributed by atoms with van der Waals surface area (Å²) in [6.07, 6.45) is 9.22. The molecule has 3 aliphatic heterocycles. The van der Waals surface area contributed by atoms with E-state index in [0.717, 1.165) is 48.1 Å². The van der Waals surface area contributed by atoms with Gasteiger partial charge in [-0.05, 0) is 49.6 Å². The molecule has 5 atom stereocenters. The molecule has 3 saturated heterocycles. The van der Waals surface area contributed by atoms with Crippen LogP contribution in [0.1, 0.15) is 31.4 Å². The zero-order chi connectivity index (χ0) is 19.0. The number of benzene rings is 1. The van der Waals surface area contributed by atoms with Gasteiger partial charge in [0, 0.05) is 36.5 Å². The third-order valence-electron chi connectivity index (χ3n) is 5.95. The number of fused-ring (bicyclic) bond motifs is 4. The number of aromatic nitrogens is 1. The Hall–Kier alpha value is -2.58. The molecular weight excluding hydrogens is 340 g/mol. The van der Waals surface area contributed by atoms with Crippen LogP contribution >= 0.6 is 0 Å². The number of hydrogen-bond acceptors (Lipinski definition) is 5. The Morgan fingerprint density at radius 2 is 2.26 bits per heavy atom. The minimum absolute atomic E-state index is 0.133. The maximum atomic E-state index is 11.9. The molecule has 0 N–H and O–H groups in total. The van der Waals surface area contributed by atoms with E-state index in [1.54, 1.807) is 13.3 Å². The first-order chi connectivity index (χ1) is 13.1. The molecule has 5 nitrogen and oxygen atoms in total. The molecule has 1 unspecified atom stereocenters. The third kappa shape index (κ3) is 3.26. The summed E-state index contributed by atoms with van der Waals surface area (Å²) >= 11 is 0. The van der Waals surface area contributed by atoms with Crippen LogP contribution in [0, 0.1) is 24.2 Å². The molecule has 0 amide bonds. The van der Waals surface area contributed by atoms with E-state index < -0.39 is 0 Å². The summed E-state index contributed by atoms with van der Waals surface area (Å²) in [6, 6.07) is 7.88. The first kappa shape index (κ1) is 17.8. The number of ether oxygens (including phenoxy) is 2. The van der Waals surface area contributed by atoms with Gasteiger partial charge in [-0.3, -0.25) is 14.7 Å². The van der Waals surface area contributed by atoms with Crippen LogP contribution in [0.5, 0.6) is 5.75 Å². The smallest absolute Gasteiger partial charge is 0.303 e. The standard InChI is InChI=1S/C22H24N2O3/c1-4-15-13-24-10-8-16(15)11-21(24)22(27-14(2)25)18-7-9-23-20-6-5-17(26-3)12-19(18)20/h1,5-7,9,12,15-16,21-22H,8,10-11,13H2,2-3H3/t15-,16+,21-,22+/m1/s1. The van der Waals surface area contributed by atoms with Gasteiger partial charge >= 0.3 is 5.97 Å². The highest BCUT2D eigenvalue weighted by Crippen LogP contribution is 2.43. The molecule has 1 aromatic heterocycles. The van der Waals surface area contributed by atoms with Crippen LogP contribution in [0.25, 0.3) is 10.9 Å². The first-order valence-corrected chi connectivity index (χ1v) is 9.40. The number of methoxy groups -OCH3 is 1. The Morgan fingerprint density at radius 1 is 1.41 bits per heavy atom. The fraction of sp³-hybridized carbons (Fsp3) is 0.455. The summed E-state index contributed by atoms with van der Waals surface area (Å²) in [5, 5.41) is 0.958. The predicted molar refractivity (Wildman–Crippen MR) is 103 cm³/mol. The van der Waals surface area contributed by atoms with E-state index in [4.69, 9.17) is 15.9 Å². The lowest BCUT2D eigenvalue weighted by atomic mass is 9.74. The van der Waals surface area contributed by atoms with Gasteiger partial charge in [0.05, 0.1) is 18.7 Å². The summed E-state index contributed by atoms with van der Waals surface area (Å²) in [5.74, 6) is 4.22. The van der Waals surface area contributed by atoms with Crippen molar-refractivity contribution < 1.29 is 14.3 Å². The Morgan fingerprint density at radius 3 is 2.93 bits per heavy atom. The van der Waals surface area contributed by atoms with Gasteiger partial charge in [-0.1, -0.05) is 0 Å². The molecule has 140 valence electrons. The summed E-state index contributed by atoms with van der Waals surface area (Å²) in [4.78, 5) is 18.8. The van der Waals surface area contributed by atoms with Crippen molar-refractivity contribution in [1.82, 2.24) is 9.88 Å². The van der Waals surface area contributed by atoms with Gasteiger partial charge in [0.25, 0.3) is 0 Å². The lowest BCUT2D eigenvalue weighted by Gasteiger charge is -2.50. The maximum absolute atomic E-state index is 11.9. The zero-order valence-corrected chi connectivity index (χ0v) is 15.7. The average Bonchev–Trinajstić information content (AvgIpc) is 2.71. The van der Waals surface area contributed by atoms with E-state index in [-0.39, 0.29) is 18.1 Å². The zero-order valence-electron chi connectivity index (χ0n) is 15.7. The van der Waals surface area contributed by atoms with Gasteiger partial charge in [-0.15, -0.1) is 12.3 Å². The molecule has 1 aromatic carbocycles. The largest absolute Gasteiger partial charge is 0.497 e. The van der Waals surface area contributed by atoms with E-state index in [1.165, 1.54) is 6.92 Å². The molecule has 3 fully saturated rings. The van der Waals surface area contributed by atoms with Crippen LogP contribution < -0.4 is 4.74 Å². The second-order valence-corrected chi connectivity index (χ2v) is 7.43. The monoisotopic (exact) mass is 364 g/mol. The Balaban J connectivity index is 1.77. The molecule has 0 spiro atoms. The summed E-state index contributed by atoms with van der Waals surface area (Å²) in [6.45, 7) is 3.34. The van der Waals surface area contributed by atoms with Crippen LogP contribution in [0.15, 0.2) is 30.5 Å². The normalized spacial score (nSPS) is 27.7. The highest BCUT2D eigenvalue weighted by molar-refractivity contribution is 5.84. The topological polar surface area (TPSA) is 51.7 Å². The van der Waals surface area contributed by atoms with Crippen molar-refractivity contribution in [3.8, 4) is 18.1 Å². The van der Waals surface area contributed by atoms with E-state index in [9.17, 15) is 4.79 Å². The minimum atomic E-state index is -0.346. The molecule has 0 aliphatic carbocycles. The molecule has 0 saturated carbocycles. The number of piperidine rings is 3. The van der Waals surface area contributed by atoms with Crippen molar-refractivity contribution in [3.05, 3.63) is 36.0 Å². The maximum Gasteiger partial charge on any atom is 0.303 e. The molecule has 27 heavy (non-hydrogen) atoms. The van der Waals surface area contributed by atoms with E-state index >= 15 is 0 Å². The van der Waals surface area contributed by atoms with Gasteiger partial charge in [0.15, 0.2) is 0 Å². The number of carbonyl (C=O) groups excluding carboxylic acids is 1. The fourth-order valence-electron chi connectivity index (χ4n) is 4.62. The summed E-state index contributed by atoms with van der Waals surface area (Å²) in [7, 11) is 1.65. The summed E-state index contributed by atoms with van der Waals surface area (Å²) in [5.41, 5.74) is 1.84. The van der Waals surface area contributed by atoms with Gasteiger partial charge < -0.3 is 9.47 Å². The molecule has 2 bridgehead atoms. The van der Waals surface area contributed by atoms with E-state index in [2.05, 4.69) is 15.8 Å². The average molecular weight is 364 g/mol. The van der Waals surface area contributed by atoms with Crippen molar-refractivity contribution in [2.75, 3.05) is 20.2 Å². The summed E-state index contributed by atoms with van der Waals surface area (Å²) < 4.78 is 11.3. The number of rotatable bonds is 4.